The molecule has 0 saturated heterocycles. The van der Waals surface area contributed by atoms with E-state index in [-0.39, 0.29) is 36.1 Å². The SMILES string of the molecule is C=CN(CCOC(C)=O)c1ccc2c(-c3ccccc3C(=O)[O-])c3ccc(=[N+](CCNC(C)=O)CCOC(C)=O)cc-3oc2c1.O. The van der Waals surface area contributed by atoms with Crippen LogP contribution in [-0.2, 0) is 23.9 Å². The summed E-state index contributed by atoms with van der Waals surface area (Å²) in [4.78, 5) is 48.2. The van der Waals surface area contributed by atoms with E-state index in [1.807, 2.05) is 45.9 Å². The summed E-state index contributed by atoms with van der Waals surface area (Å²) in [6, 6.07) is 17.7. The van der Waals surface area contributed by atoms with Gasteiger partial charge in [0.1, 0.15) is 24.6 Å². The molecule has 1 heterocycles. The van der Waals surface area contributed by atoms with Gasteiger partial charge in [-0.1, -0.05) is 30.8 Å². The molecule has 12 nitrogen and oxygen atoms in total. The van der Waals surface area contributed by atoms with Crippen LogP contribution in [0.25, 0.3) is 33.4 Å². The van der Waals surface area contributed by atoms with Crippen molar-refractivity contribution in [2.24, 2.45) is 0 Å². The fraction of sp³-hybridized carbons (Fsp3) is 0.265. The second kappa shape index (κ2) is 16.0. The Morgan fingerprint density at radius 1 is 0.935 bits per heavy atom. The molecule has 242 valence electrons. The van der Waals surface area contributed by atoms with E-state index in [0.717, 1.165) is 11.0 Å². The molecule has 0 saturated carbocycles. The zero-order valence-electron chi connectivity index (χ0n) is 26.0. The van der Waals surface area contributed by atoms with E-state index in [4.69, 9.17) is 13.9 Å². The highest BCUT2D eigenvalue weighted by Crippen LogP contribution is 2.42. The van der Waals surface area contributed by atoms with Crippen LogP contribution in [0.5, 0.6) is 0 Å². The van der Waals surface area contributed by atoms with Gasteiger partial charge in [0.25, 0.3) is 0 Å². The number of rotatable bonds is 13. The van der Waals surface area contributed by atoms with E-state index < -0.39 is 11.9 Å². The standard InChI is InChI=1S/C34H35N3O8.H2O/c1-5-36(16-18-43-23(3)39)25-10-12-29-31(20-25)45-32-21-26(37(15-14-35-22(2)38)17-19-44-24(4)40)11-13-30(32)33(29)27-8-6-7-9-28(27)34(41)42;/h5-13,20-21H,1,14-19H2,2-4H3,(H-,35,38,41,42);1H2. The first kappa shape index (κ1) is 35.0. The van der Waals surface area contributed by atoms with Crippen molar-refractivity contribution in [2.75, 3.05) is 44.3 Å². The van der Waals surface area contributed by atoms with Crippen LogP contribution in [0.3, 0.4) is 0 Å². The van der Waals surface area contributed by atoms with E-state index in [1.54, 1.807) is 24.4 Å². The molecule has 0 atom stereocenters. The van der Waals surface area contributed by atoms with Gasteiger partial charge >= 0.3 is 11.9 Å². The van der Waals surface area contributed by atoms with Crippen LogP contribution in [0.15, 0.2) is 77.9 Å². The molecule has 1 amide bonds. The molecule has 0 spiro atoms. The minimum atomic E-state index is -1.31. The normalized spacial score (nSPS) is 11.3. The quantitative estimate of drug-likeness (QED) is 0.131. The summed E-state index contributed by atoms with van der Waals surface area (Å²) in [6.07, 6.45) is 1.62. The summed E-state index contributed by atoms with van der Waals surface area (Å²) in [7, 11) is 0. The third kappa shape index (κ3) is 8.57. The van der Waals surface area contributed by atoms with E-state index >= 15 is 0 Å². The monoisotopic (exact) mass is 631 g/mol. The Balaban J connectivity index is 0.00000576. The lowest BCUT2D eigenvalue weighted by molar-refractivity contribution is -0.255. The molecule has 0 aromatic heterocycles. The van der Waals surface area contributed by atoms with Crippen LogP contribution in [0, 0.1) is 0 Å². The molecule has 46 heavy (non-hydrogen) atoms. The van der Waals surface area contributed by atoms with Gasteiger partial charge in [-0.25, -0.2) is 4.58 Å². The van der Waals surface area contributed by atoms with E-state index in [0.29, 0.717) is 59.6 Å². The summed E-state index contributed by atoms with van der Waals surface area (Å²) in [5.74, 6) is -1.78. The Labute approximate surface area is 265 Å². The van der Waals surface area contributed by atoms with Crippen molar-refractivity contribution in [3.05, 3.63) is 84.4 Å². The third-order valence-corrected chi connectivity index (χ3v) is 7.08. The molecule has 2 aromatic rings. The highest BCUT2D eigenvalue weighted by Gasteiger charge is 2.22. The van der Waals surface area contributed by atoms with Crippen LogP contribution in [-0.4, -0.2) is 68.7 Å². The van der Waals surface area contributed by atoms with Crippen molar-refractivity contribution in [1.29, 1.82) is 0 Å². The van der Waals surface area contributed by atoms with Gasteiger partial charge in [-0.3, -0.25) is 14.4 Å². The minimum absolute atomic E-state index is 0. The van der Waals surface area contributed by atoms with Crippen LogP contribution in [0.2, 0.25) is 0 Å². The molecule has 0 radical (unpaired) electrons. The van der Waals surface area contributed by atoms with Gasteiger partial charge in [-0.2, -0.15) is 0 Å². The molecule has 1 aliphatic carbocycles. The fourth-order valence-electron chi connectivity index (χ4n) is 5.06. The van der Waals surface area contributed by atoms with Gasteiger partial charge in [-0.05, 0) is 30.0 Å². The number of nitrogens with zero attached hydrogens (tertiary/aromatic N) is 2. The van der Waals surface area contributed by atoms with Crippen LogP contribution >= 0.6 is 0 Å². The number of fused-ring (bicyclic) bond motifs is 2. The first-order valence-corrected chi connectivity index (χ1v) is 14.4. The largest absolute Gasteiger partial charge is 0.545 e. The van der Waals surface area contributed by atoms with Crippen molar-refractivity contribution < 1.29 is 43.7 Å². The number of ether oxygens (including phenoxy) is 2. The maximum absolute atomic E-state index is 12.2. The molecule has 3 N–H and O–H groups in total. The smallest absolute Gasteiger partial charge is 0.302 e. The molecule has 12 heteroatoms. The molecule has 0 fully saturated rings. The average Bonchev–Trinajstić information content (AvgIpc) is 3.00. The fourth-order valence-corrected chi connectivity index (χ4v) is 5.06. The molecule has 0 unspecified atom stereocenters. The number of anilines is 1. The lowest BCUT2D eigenvalue weighted by Crippen LogP contribution is -2.39. The lowest BCUT2D eigenvalue weighted by atomic mass is 9.90. The van der Waals surface area contributed by atoms with Gasteiger partial charge in [0, 0.05) is 60.7 Å². The Morgan fingerprint density at radius 3 is 2.33 bits per heavy atom. The Morgan fingerprint density at radius 2 is 1.65 bits per heavy atom. The Bertz CT molecular complexity index is 1770. The van der Waals surface area contributed by atoms with Gasteiger partial charge in [-0.15, -0.1) is 0 Å². The summed E-state index contributed by atoms with van der Waals surface area (Å²) in [6.45, 7) is 9.81. The van der Waals surface area contributed by atoms with Crippen molar-refractivity contribution in [1.82, 2.24) is 9.89 Å². The second-order valence-electron chi connectivity index (χ2n) is 10.2. The van der Waals surface area contributed by atoms with E-state index in [9.17, 15) is 24.3 Å². The summed E-state index contributed by atoms with van der Waals surface area (Å²) in [5.41, 5.74) is 3.03. The molecule has 2 aromatic carbocycles. The van der Waals surface area contributed by atoms with Crippen molar-refractivity contribution in [3.8, 4) is 22.5 Å². The molecule has 1 aliphatic heterocycles. The topological polar surface area (TPSA) is 173 Å². The van der Waals surface area contributed by atoms with Crippen LogP contribution in [0.1, 0.15) is 31.1 Å². The van der Waals surface area contributed by atoms with Crippen molar-refractivity contribution in [2.45, 2.75) is 20.8 Å². The van der Waals surface area contributed by atoms with Gasteiger partial charge in [0.05, 0.1) is 25.1 Å². The first-order valence-electron chi connectivity index (χ1n) is 14.4. The number of carboxylic acids is 1. The second-order valence-corrected chi connectivity index (χ2v) is 10.2. The molecule has 2 aliphatic rings. The van der Waals surface area contributed by atoms with Crippen LogP contribution < -0.4 is 25.3 Å². The maximum atomic E-state index is 12.2. The Kier molecular flexibility index (Phi) is 12.2. The molecular weight excluding hydrogens is 594 g/mol. The first-order chi connectivity index (χ1) is 21.6. The number of hydrogen-bond donors (Lipinski definition) is 1. The maximum Gasteiger partial charge on any atom is 0.302 e. The van der Waals surface area contributed by atoms with Crippen molar-refractivity contribution >= 4 is 40.5 Å². The number of esters is 2. The number of carbonyl (C=O) groups excluding carboxylic acids is 4. The number of benzene rings is 3. The summed E-state index contributed by atoms with van der Waals surface area (Å²) >= 11 is 0. The van der Waals surface area contributed by atoms with Gasteiger partial charge < -0.3 is 39.5 Å². The predicted octanol–water partition coefficient (Wildman–Crippen LogP) is 1.73. The van der Waals surface area contributed by atoms with Crippen molar-refractivity contribution in [3.63, 3.8) is 0 Å². The third-order valence-electron chi connectivity index (χ3n) is 7.08. The zero-order valence-corrected chi connectivity index (χ0v) is 26.0. The molecule has 0 bridgehead atoms. The molecule has 4 rings (SSSR count). The highest BCUT2D eigenvalue weighted by molar-refractivity contribution is 6.07. The highest BCUT2D eigenvalue weighted by atomic mass is 16.5. The van der Waals surface area contributed by atoms with Gasteiger partial charge in [0.2, 0.25) is 11.3 Å². The minimum Gasteiger partial charge on any atom is -0.545 e. The van der Waals surface area contributed by atoms with E-state index in [2.05, 4.69) is 11.9 Å². The average molecular weight is 632 g/mol. The number of amides is 1. The van der Waals surface area contributed by atoms with E-state index in [1.165, 1.54) is 26.8 Å². The number of nitrogens with one attached hydrogen (secondary N) is 1. The number of aromatic carboxylic acids is 1. The Hall–Kier alpha value is -5.49. The predicted molar refractivity (Wildman–Crippen MR) is 171 cm³/mol. The summed E-state index contributed by atoms with van der Waals surface area (Å²) < 4.78 is 18.7. The van der Waals surface area contributed by atoms with Crippen LogP contribution in [0.4, 0.5) is 5.69 Å². The van der Waals surface area contributed by atoms with Gasteiger partial charge in [0.15, 0.2) is 13.1 Å². The number of hydrogen-bond acceptors (Lipinski definition) is 9. The molecular formula is C34H37N3O9. The lowest BCUT2D eigenvalue weighted by Gasteiger charge is -2.22. The zero-order chi connectivity index (χ0) is 32.5. The number of carboxylic acid groups (broad SMARTS) is 1. The number of carbonyl (C=O) groups is 4. The summed E-state index contributed by atoms with van der Waals surface area (Å²) in [5, 5.41) is 16.4.